The topological polar surface area (TPSA) is 123 Å². The van der Waals surface area contributed by atoms with Gasteiger partial charge in [-0.05, 0) is 44.4 Å². The molecule has 2 atom stereocenters. The summed E-state index contributed by atoms with van der Waals surface area (Å²) in [5, 5.41) is 21.0. The van der Waals surface area contributed by atoms with Crippen molar-refractivity contribution in [2.24, 2.45) is 0 Å². The molecule has 1 aliphatic heterocycles. The van der Waals surface area contributed by atoms with Crippen LogP contribution in [0, 0.1) is 6.92 Å². The molecule has 3 aromatic heterocycles. The standard InChI is InChI=1S/C28H31ClN6O4/c1-17-4-3-5-19(10-17)24(15-36)33-27(37)18(2)34-16-31-35-14-20(11-25(35)28(34)38)22-12-26(30-13-23(22)29)32-21-6-8-39-9-7-21/h3-5,10-14,16,18,21,24,36H,6-9,15H2,1-2H3,(H,30,32)(H,33,37)/t18?,24-/m1/s1. The number of ether oxygens (including phenoxy) is 1. The average Bonchev–Trinajstić information content (AvgIpc) is 3.38. The van der Waals surface area contributed by atoms with Crippen molar-refractivity contribution in [2.45, 2.75) is 44.8 Å². The Morgan fingerprint density at radius 3 is 2.79 bits per heavy atom. The summed E-state index contributed by atoms with van der Waals surface area (Å²) in [4.78, 5) is 30.9. The van der Waals surface area contributed by atoms with E-state index in [4.69, 9.17) is 16.3 Å². The molecule has 0 aliphatic carbocycles. The van der Waals surface area contributed by atoms with Crippen molar-refractivity contribution in [1.29, 1.82) is 0 Å². The van der Waals surface area contributed by atoms with Gasteiger partial charge in [0.1, 0.15) is 23.7 Å². The SMILES string of the molecule is Cc1cccc([C@@H](CO)NC(=O)C(C)n2cnn3cc(-c4cc(NC5CCOCC5)ncc4Cl)cc3c2=O)c1. The quantitative estimate of drug-likeness (QED) is 0.307. The van der Waals surface area contributed by atoms with Gasteiger partial charge in [-0.25, -0.2) is 9.50 Å². The van der Waals surface area contributed by atoms with Crippen LogP contribution in [0.2, 0.25) is 5.02 Å². The fourth-order valence-electron chi connectivity index (χ4n) is 4.76. The zero-order valence-electron chi connectivity index (χ0n) is 21.8. The second kappa shape index (κ2) is 11.6. The van der Waals surface area contributed by atoms with Crippen molar-refractivity contribution < 1.29 is 14.6 Å². The van der Waals surface area contributed by atoms with Crippen LogP contribution in [-0.2, 0) is 9.53 Å². The molecule has 1 saturated heterocycles. The van der Waals surface area contributed by atoms with Crippen LogP contribution < -0.4 is 16.2 Å². The smallest absolute Gasteiger partial charge is 0.278 e. The fraction of sp³-hybridized carbons (Fsp3) is 0.357. The highest BCUT2D eigenvalue weighted by atomic mass is 35.5. The van der Waals surface area contributed by atoms with Gasteiger partial charge >= 0.3 is 0 Å². The number of nitrogens with zero attached hydrogens (tertiary/aromatic N) is 4. The van der Waals surface area contributed by atoms with Gasteiger partial charge < -0.3 is 20.5 Å². The zero-order chi connectivity index (χ0) is 27.5. The van der Waals surface area contributed by atoms with Gasteiger partial charge in [-0.2, -0.15) is 5.10 Å². The predicted octanol–water partition coefficient (Wildman–Crippen LogP) is 3.52. The molecule has 10 nitrogen and oxygen atoms in total. The number of anilines is 1. The summed E-state index contributed by atoms with van der Waals surface area (Å²) in [5.74, 6) is 0.288. The van der Waals surface area contributed by atoms with E-state index in [9.17, 15) is 14.7 Å². The number of aromatic nitrogens is 4. The Kier molecular flexibility index (Phi) is 7.97. The first-order valence-corrected chi connectivity index (χ1v) is 13.3. The van der Waals surface area contributed by atoms with E-state index < -0.39 is 18.0 Å². The Labute approximate surface area is 230 Å². The Morgan fingerprint density at radius 1 is 1.26 bits per heavy atom. The van der Waals surface area contributed by atoms with Crippen LogP contribution in [0.15, 0.2) is 59.9 Å². The van der Waals surface area contributed by atoms with Gasteiger partial charge in [0.25, 0.3) is 5.56 Å². The van der Waals surface area contributed by atoms with Crippen LogP contribution in [0.4, 0.5) is 5.82 Å². The summed E-state index contributed by atoms with van der Waals surface area (Å²) in [5.41, 5.74) is 3.15. The molecule has 1 unspecified atom stereocenters. The Bertz CT molecular complexity index is 1540. The number of fused-ring (bicyclic) bond motifs is 1. The molecule has 1 aliphatic rings. The molecule has 11 heteroatoms. The van der Waals surface area contributed by atoms with Gasteiger partial charge in [-0.15, -0.1) is 0 Å². The summed E-state index contributed by atoms with van der Waals surface area (Å²) >= 11 is 6.49. The minimum absolute atomic E-state index is 0.270. The number of hydrogen-bond donors (Lipinski definition) is 3. The molecule has 1 amide bonds. The molecule has 39 heavy (non-hydrogen) atoms. The van der Waals surface area contributed by atoms with E-state index in [-0.39, 0.29) is 18.2 Å². The number of amides is 1. The average molecular weight is 551 g/mol. The summed E-state index contributed by atoms with van der Waals surface area (Å²) < 4.78 is 8.19. The summed E-state index contributed by atoms with van der Waals surface area (Å²) in [6.45, 7) is 4.72. The van der Waals surface area contributed by atoms with E-state index in [0.29, 0.717) is 40.7 Å². The number of carbonyl (C=O) groups is 1. The molecular formula is C28H31ClN6O4. The molecule has 4 aromatic rings. The van der Waals surface area contributed by atoms with E-state index >= 15 is 0 Å². The molecule has 4 heterocycles. The first-order valence-electron chi connectivity index (χ1n) is 12.9. The maximum absolute atomic E-state index is 13.4. The lowest BCUT2D eigenvalue weighted by molar-refractivity contribution is -0.125. The van der Waals surface area contributed by atoms with E-state index in [2.05, 4.69) is 20.7 Å². The Hall–Kier alpha value is -3.73. The minimum Gasteiger partial charge on any atom is -0.394 e. The molecular weight excluding hydrogens is 520 g/mol. The second-order valence-electron chi connectivity index (χ2n) is 9.82. The molecule has 1 aromatic carbocycles. The van der Waals surface area contributed by atoms with Gasteiger partial charge in [0.2, 0.25) is 5.91 Å². The van der Waals surface area contributed by atoms with Crippen molar-refractivity contribution in [3.8, 4) is 11.1 Å². The number of benzene rings is 1. The number of hydrogen-bond acceptors (Lipinski definition) is 7. The highest BCUT2D eigenvalue weighted by molar-refractivity contribution is 6.33. The van der Waals surface area contributed by atoms with Crippen molar-refractivity contribution in [3.05, 3.63) is 81.6 Å². The highest BCUT2D eigenvalue weighted by Crippen LogP contribution is 2.31. The molecule has 0 bridgehead atoms. The molecule has 5 rings (SSSR count). The number of pyridine rings is 1. The first kappa shape index (κ1) is 26.9. The highest BCUT2D eigenvalue weighted by Gasteiger charge is 2.23. The number of aryl methyl sites for hydroxylation is 1. The van der Waals surface area contributed by atoms with Crippen LogP contribution in [-0.4, -0.2) is 56.0 Å². The number of aliphatic hydroxyl groups is 1. The van der Waals surface area contributed by atoms with E-state index in [1.807, 2.05) is 37.3 Å². The Balaban J connectivity index is 1.39. The fourth-order valence-corrected chi connectivity index (χ4v) is 4.97. The molecule has 1 fully saturated rings. The van der Waals surface area contributed by atoms with E-state index in [0.717, 1.165) is 24.0 Å². The molecule has 204 valence electrons. The third-order valence-corrected chi connectivity index (χ3v) is 7.34. The normalized spacial score (nSPS) is 15.7. The summed E-state index contributed by atoms with van der Waals surface area (Å²) in [6.07, 6.45) is 6.45. The van der Waals surface area contributed by atoms with Gasteiger partial charge in [0, 0.05) is 42.8 Å². The van der Waals surface area contributed by atoms with Crippen LogP contribution in [0.5, 0.6) is 0 Å². The van der Waals surface area contributed by atoms with E-state index in [1.54, 1.807) is 25.4 Å². The van der Waals surface area contributed by atoms with Crippen molar-refractivity contribution in [2.75, 3.05) is 25.1 Å². The third-order valence-electron chi connectivity index (χ3n) is 7.03. The zero-order valence-corrected chi connectivity index (χ0v) is 22.6. The summed E-state index contributed by atoms with van der Waals surface area (Å²) in [7, 11) is 0. The third kappa shape index (κ3) is 5.83. The lowest BCUT2D eigenvalue weighted by Crippen LogP contribution is -2.39. The lowest BCUT2D eigenvalue weighted by Gasteiger charge is -2.23. The number of halogens is 1. The molecule has 0 saturated carbocycles. The summed E-state index contributed by atoms with van der Waals surface area (Å²) in [6, 6.07) is 9.95. The van der Waals surface area contributed by atoms with Gasteiger partial charge in [0.05, 0.1) is 17.7 Å². The van der Waals surface area contributed by atoms with Crippen molar-refractivity contribution in [3.63, 3.8) is 0 Å². The number of carbonyl (C=O) groups excluding carboxylic acids is 1. The monoisotopic (exact) mass is 550 g/mol. The van der Waals surface area contributed by atoms with Crippen molar-refractivity contribution >= 4 is 28.8 Å². The van der Waals surface area contributed by atoms with Crippen LogP contribution in [0.3, 0.4) is 0 Å². The van der Waals surface area contributed by atoms with Crippen LogP contribution in [0.1, 0.15) is 43.0 Å². The maximum atomic E-state index is 13.4. The largest absolute Gasteiger partial charge is 0.394 e. The Morgan fingerprint density at radius 2 is 2.05 bits per heavy atom. The number of rotatable bonds is 8. The number of nitrogens with one attached hydrogen (secondary N) is 2. The predicted molar refractivity (Wildman–Crippen MR) is 149 cm³/mol. The maximum Gasteiger partial charge on any atom is 0.278 e. The molecule has 0 radical (unpaired) electrons. The molecule has 0 spiro atoms. The number of aliphatic hydroxyl groups excluding tert-OH is 1. The van der Waals surface area contributed by atoms with Crippen LogP contribution in [0.25, 0.3) is 16.6 Å². The van der Waals surface area contributed by atoms with Gasteiger partial charge in [0.15, 0.2) is 0 Å². The van der Waals surface area contributed by atoms with Crippen molar-refractivity contribution in [1.82, 2.24) is 24.5 Å². The van der Waals surface area contributed by atoms with Gasteiger partial charge in [-0.1, -0.05) is 41.4 Å². The minimum atomic E-state index is -0.855. The van der Waals surface area contributed by atoms with E-state index in [1.165, 1.54) is 15.4 Å². The van der Waals surface area contributed by atoms with Gasteiger partial charge in [-0.3, -0.25) is 14.2 Å². The lowest BCUT2D eigenvalue weighted by atomic mass is 10.0. The molecule has 3 N–H and O–H groups in total. The van der Waals surface area contributed by atoms with Crippen LogP contribution >= 0.6 is 11.6 Å². The first-order chi connectivity index (χ1) is 18.8. The second-order valence-corrected chi connectivity index (χ2v) is 10.2.